The fourth-order valence-electron chi connectivity index (χ4n) is 1.74. The number of hydrogen-bond acceptors (Lipinski definition) is 4. The number of anilines is 1. The van der Waals surface area contributed by atoms with Gasteiger partial charge in [-0.05, 0) is 43.2 Å². The van der Waals surface area contributed by atoms with Crippen molar-refractivity contribution in [3.05, 3.63) is 46.3 Å². The fourth-order valence-corrected chi connectivity index (χ4v) is 4.25. The summed E-state index contributed by atoms with van der Waals surface area (Å²) in [5, 5.41) is 0. The second-order valence-electron chi connectivity index (χ2n) is 4.35. The first-order valence-electron chi connectivity index (χ1n) is 5.81. The summed E-state index contributed by atoms with van der Waals surface area (Å²) < 4.78 is 27.4. The van der Waals surface area contributed by atoms with Gasteiger partial charge in [-0.1, -0.05) is 12.1 Å². The molecule has 0 spiro atoms. The van der Waals surface area contributed by atoms with E-state index in [1.807, 2.05) is 26.0 Å². The minimum Gasteiger partial charge on any atom is -0.326 e. The Hall–Kier alpha value is -1.37. The fraction of sp³-hybridized carbons (Fsp3) is 0.231. The summed E-state index contributed by atoms with van der Waals surface area (Å²) in [6, 6.07) is 8.92. The minimum absolute atomic E-state index is 0.298. The molecule has 19 heavy (non-hydrogen) atoms. The molecule has 0 bridgehead atoms. The zero-order valence-electron chi connectivity index (χ0n) is 10.8. The Kier molecular flexibility index (Phi) is 3.93. The molecule has 2 aromatic rings. The van der Waals surface area contributed by atoms with Gasteiger partial charge in [0.15, 0.2) is 0 Å². The Labute approximate surface area is 117 Å². The number of thiophene rings is 1. The van der Waals surface area contributed by atoms with Crippen LogP contribution in [-0.4, -0.2) is 8.42 Å². The number of nitrogens with one attached hydrogen (secondary N) is 1. The van der Waals surface area contributed by atoms with Crippen molar-refractivity contribution in [1.82, 2.24) is 0 Å². The average molecular weight is 296 g/mol. The highest BCUT2D eigenvalue weighted by atomic mass is 32.2. The van der Waals surface area contributed by atoms with Gasteiger partial charge in [-0.3, -0.25) is 4.72 Å². The van der Waals surface area contributed by atoms with Crippen molar-refractivity contribution < 1.29 is 8.42 Å². The van der Waals surface area contributed by atoms with E-state index < -0.39 is 10.0 Å². The zero-order valence-corrected chi connectivity index (χ0v) is 12.4. The van der Waals surface area contributed by atoms with E-state index in [0.29, 0.717) is 16.4 Å². The molecular weight excluding hydrogens is 280 g/mol. The van der Waals surface area contributed by atoms with Gasteiger partial charge in [-0.15, -0.1) is 11.3 Å². The molecule has 0 amide bonds. The molecule has 0 aliphatic rings. The second kappa shape index (κ2) is 5.32. The van der Waals surface area contributed by atoms with E-state index in [2.05, 4.69) is 4.72 Å². The van der Waals surface area contributed by atoms with E-state index in [1.54, 1.807) is 18.2 Å². The van der Waals surface area contributed by atoms with Crippen LogP contribution in [0.3, 0.4) is 0 Å². The maximum Gasteiger partial charge on any atom is 0.271 e. The predicted octanol–water partition coefficient (Wildman–Crippen LogP) is 2.62. The van der Waals surface area contributed by atoms with E-state index in [0.717, 1.165) is 16.0 Å². The van der Waals surface area contributed by atoms with Crippen molar-refractivity contribution in [1.29, 1.82) is 0 Å². The number of aryl methyl sites for hydroxylation is 2. The zero-order chi connectivity index (χ0) is 14.0. The first kappa shape index (κ1) is 14.0. The molecule has 0 radical (unpaired) electrons. The molecule has 0 fully saturated rings. The molecule has 6 heteroatoms. The van der Waals surface area contributed by atoms with Crippen LogP contribution in [0.15, 0.2) is 34.5 Å². The van der Waals surface area contributed by atoms with Gasteiger partial charge in [-0.25, -0.2) is 8.42 Å². The highest BCUT2D eigenvalue weighted by Gasteiger charge is 2.18. The Bertz CT molecular complexity index is 690. The molecular formula is C13H16N2O2S2. The van der Waals surface area contributed by atoms with E-state index in [1.165, 1.54) is 11.3 Å². The maximum absolute atomic E-state index is 12.3. The minimum atomic E-state index is -3.53. The van der Waals surface area contributed by atoms with Crippen molar-refractivity contribution in [2.24, 2.45) is 5.73 Å². The molecule has 0 unspecified atom stereocenters. The van der Waals surface area contributed by atoms with Gasteiger partial charge in [0, 0.05) is 17.1 Å². The summed E-state index contributed by atoms with van der Waals surface area (Å²) >= 11 is 1.21. The molecule has 0 aliphatic carbocycles. The predicted molar refractivity (Wildman–Crippen MR) is 78.9 cm³/mol. The summed E-state index contributed by atoms with van der Waals surface area (Å²) in [4.78, 5) is 0.893. The van der Waals surface area contributed by atoms with Crippen LogP contribution >= 0.6 is 11.3 Å². The molecule has 0 saturated heterocycles. The summed E-state index contributed by atoms with van der Waals surface area (Å²) in [5.74, 6) is 0. The lowest BCUT2D eigenvalue weighted by molar-refractivity contribution is 0.603. The van der Waals surface area contributed by atoms with Crippen LogP contribution < -0.4 is 10.5 Å². The molecule has 0 aliphatic heterocycles. The quantitative estimate of drug-likeness (QED) is 0.911. The van der Waals surface area contributed by atoms with E-state index in [-0.39, 0.29) is 0 Å². The van der Waals surface area contributed by atoms with Crippen LogP contribution in [-0.2, 0) is 16.6 Å². The summed E-state index contributed by atoms with van der Waals surface area (Å²) in [6.45, 7) is 4.14. The van der Waals surface area contributed by atoms with Crippen LogP contribution in [0.1, 0.15) is 16.0 Å². The lowest BCUT2D eigenvalue weighted by Gasteiger charge is -2.06. The van der Waals surface area contributed by atoms with Gasteiger partial charge in [0.2, 0.25) is 0 Å². The number of hydrogen-bond donors (Lipinski definition) is 2. The highest BCUT2D eigenvalue weighted by molar-refractivity contribution is 7.94. The number of nitrogens with two attached hydrogens (primary N) is 1. The standard InChI is InChI=1S/C13H16N2O2S2/c1-9-4-3-5-11(6-9)15-19(16,17)13-7-10(2)12(8-14)18-13/h3-7,15H,8,14H2,1-2H3. The highest BCUT2D eigenvalue weighted by Crippen LogP contribution is 2.27. The molecule has 0 atom stereocenters. The monoisotopic (exact) mass is 296 g/mol. The van der Waals surface area contributed by atoms with Gasteiger partial charge in [0.1, 0.15) is 4.21 Å². The largest absolute Gasteiger partial charge is 0.326 e. The maximum atomic E-state index is 12.3. The third-order valence-corrected chi connectivity index (χ3v) is 5.83. The van der Waals surface area contributed by atoms with Crippen LogP contribution in [0.25, 0.3) is 0 Å². The molecule has 4 nitrogen and oxygen atoms in total. The molecule has 1 aromatic carbocycles. The third-order valence-electron chi connectivity index (χ3n) is 2.72. The van der Waals surface area contributed by atoms with Gasteiger partial charge in [0.05, 0.1) is 0 Å². The Balaban J connectivity index is 2.32. The average Bonchev–Trinajstić information content (AvgIpc) is 2.71. The van der Waals surface area contributed by atoms with Gasteiger partial charge in [0.25, 0.3) is 10.0 Å². The number of sulfonamides is 1. The van der Waals surface area contributed by atoms with Crippen LogP contribution in [0.4, 0.5) is 5.69 Å². The van der Waals surface area contributed by atoms with Crippen LogP contribution in [0.5, 0.6) is 0 Å². The SMILES string of the molecule is Cc1cccc(NS(=O)(=O)c2cc(C)c(CN)s2)c1. The van der Waals surface area contributed by atoms with Crippen molar-refractivity contribution in [3.8, 4) is 0 Å². The van der Waals surface area contributed by atoms with Crippen molar-refractivity contribution in [3.63, 3.8) is 0 Å². The van der Waals surface area contributed by atoms with E-state index in [9.17, 15) is 8.42 Å². The lowest BCUT2D eigenvalue weighted by atomic mass is 10.2. The van der Waals surface area contributed by atoms with E-state index >= 15 is 0 Å². The Morgan fingerprint density at radius 2 is 2.00 bits per heavy atom. The summed E-state index contributed by atoms with van der Waals surface area (Å²) in [7, 11) is -3.53. The van der Waals surface area contributed by atoms with E-state index in [4.69, 9.17) is 5.73 Å². The second-order valence-corrected chi connectivity index (χ2v) is 7.40. The number of benzene rings is 1. The molecule has 1 aromatic heterocycles. The first-order valence-corrected chi connectivity index (χ1v) is 8.11. The third kappa shape index (κ3) is 3.15. The summed E-state index contributed by atoms with van der Waals surface area (Å²) in [6.07, 6.45) is 0. The van der Waals surface area contributed by atoms with Gasteiger partial charge >= 0.3 is 0 Å². The molecule has 1 heterocycles. The summed E-state index contributed by atoms with van der Waals surface area (Å²) in [5.41, 5.74) is 8.06. The van der Waals surface area contributed by atoms with Crippen molar-refractivity contribution in [2.45, 2.75) is 24.6 Å². The topological polar surface area (TPSA) is 72.2 Å². The molecule has 3 N–H and O–H groups in total. The normalized spacial score (nSPS) is 11.5. The number of rotatable bonds is 4. The molecule has 102 valence electrons. The smallest absolute Gasteiger partial charge is 0.271 e. The van der Waals surface area contributed by atoms with Crippen LogP contribution in [0.2, 0.25) is 0 Å². The first-order chi connectivity index (χ1) is 8.92. The van der Waals surface area contributed by atoms with Crippen molar-refractivity contribution in [2.75, 3.05) is 4.72 Å². The van der Waals surface area contributed by atoms with Crippen LogP contribution in [0, 0.1) is 13.8 Å². The Morgan fingerprint density at radius 3 is 2.58 bits per heavy atom. The lowest BCUT2D eigenvalue weighted by Crippen LogP contribution is -2.11. The molecule has 2 rings (SSSR count). The molecule has 0 saturated carbocycles. The van der Waals surface area contributed by atoms with Gasteiger partial charge < -0.3 is 5.73 Å². The Morgan fingerprint density at radius 1 is 1.26 bits per heavy atom. The van der Waals surface area contributed by atoms with Gasteiger partial charge in [-0.2, -0.15) is 0 Å². The van der Waals surface area contributed by atoms with Crippen molar-refractivity contribution >= 4 is 27.0 Å².